The van der Waals surface area contributed by atoms with Gasteiger partial charge in [0.1, 0.15) is 34.6 Å². The van der Waals surface area contributed by atoms with Gasteiger partial charge in [-0.25, -0.2) is 9.97 Å². The van der Waals surface area contributed by atoms with E-state index in [0.29, 0.717) is 46.5 Å². The van der Waals surface area contributed by atoms with Crippen LogP contribution in [0.25, 0.3) is 33.3 Å². The van der Waals surface area contributed by atoms with Crippen molar-refractivity contribution in [3.8, 4) is 22.8 Å². The molecule has 196 valence electrons. The lowest BCUT2D eigenvalue weighted by Crippen LogP contribution is -2.38. The van der Waals surface area contributed by atoms with E-state index in [1.807, 2.05) is 43.5 Å². The van der Waals surface area contributed by atoms with Crippen molar-refractivity contribution in [3.05, 3.63) is 72.4 Å². The monoisotopic (exact) mass is 546 g/mol. The molecule has 0 N–H and O–H groups in total. The molecule has 1 unspecified atom stereocenters. The van der Waals surface area contributed by atoms with Gasteiger partial charge in [0.25, 0.3) is 0 Å². The van der Waals surface area contributed by atoms with Crippen molar-refractivity contribution in [2.24, 2.45) is 0 Å². The Morgan fingerprint density at radius 3 is 2.66 bits per heavy atom. The summed E-state index contributed by atoms with van der Waals surface area (Å²) in [5, 5.41) is 4.73. The van der Waals surface area contributed by atoms with E-state index in [1.165, 1.54) is 0 Å². The van der Waals surface area contributed by atoms with Crippen LogP contribution in [0.15, 0.2) is 61.6 Å². The van der Waals surface area contributed by atoms with Gasteiger partial charge >= 0.3 is 0 Å². The van der Waals surface area contributed by atoms with Gasteiger partial charge in [-0.2, -0.15) is 5.10 Å². The Labute approximate surface area is 227 Å². The van der Waals surface area contributed by atoms with Gasteiger partial charge in [0, 0.05) is 23.6 Å². The maximum absolute atomic E-state index is 6.79. The molecule has 0 radical (unpaired) electrons. The molecule has 0 bridgehead atoms. The fraction of sp³-hybridized carbons (Fsp3) is 0.286. The van der Waals surface area contributed by atoms with E-state index in [2.05, 4.69) is 47.8 Å². The highest BCUT2D eigenvalue weighted by Gasteiger charge is 2.23. The number of fused-ring (bicyclic) bond motifs is 2. The molecule has 0 aliphatic heterocycles. The summed E-state index contributed by atoms with van der Waals surface area (Å²) in [6.07, 6.45) is 7.16. The molecule has 8 nitrogen and oxygen atoms in total. The van der Waals surface area contributed by atoms with E-state index in [9.17, 15) is 0 Å². The number of hydrogen-bond donors (Lipinski definition) is 0. The predicted octanol–water partition coefficient (Wildman–Crippen LogP) is 7.02. The van der Waals surface area contributed by atoms with Crippen molar-refractivity contribution in [2.45, 2.75) is 52.5 Å². The van der Waals surface area contributed by atoms with Crippen LogP contribution < -0.4 is 4.74 Å². The number of hydrogen-bond acceptors (Lipinski definition) is 6. The second-order valence-corrected chi connectivity index (χ2v) is 16.3. The summed E-state index contributed by atoms with van der Waals surface area (Å²) in [6, 6.07) is 9.47. The number of rotatable bonds is 9. The Bertz CT molecular complexity index is 1640. The number of aromatic nitrogens is 6. The molecule has 0 amide bonds. The average molecular weight is 547 g/mol. The minimum Gasteiger partial charge on any atom is -0.456 e. The van der Waals surface area contributed by atoms with Crippen LogP contribution in [-0.2, 0) is 18.0 Å². The third-order valence-corrected chi connectivity index (χ3v) is 9.65. The lowest BCUT2D eigenvalue weighted by molar-refractivity contribution is 0.0578. The van der Waals surface area contributed by atoms with Crippen molar-refractivity contribution < 1.29 is 9.47 Å². The molecule has 1 atom stereocenters. The molecule has 0 fully saturated rings. The van der Waals surface area contributed by atoms with Crippen molar-refractivity contribution in [2.75, 3.05) is 0 Å². The molecule has 38 heavy (non-hydrogen) atoms. The number of benzene rings is 2. The fourth-order valence-electron chi connectivity index (χ4n) is 3.98. The molecule has 0 spiro atoms. The van der Waals surface area contributed by atoms with Crippen LogP contribution in [0.3, 0.4) is 0 Å². The Morgan fingerprint density at radius 1 is 1.11 bits per heavy atom. The zero-order chi connectivity index (χ0) is 27.0. The van der Waals surface area contributed by atoms with Gasteiger partial charge < -0.3 is 14.0 Å². The van der Waals surface area contributed by atoms with Gasteiger partial charge in [-0.15, -0.1) is 6.58 Å². The number of nitrogens with zero attached hydrogens (tertiary/aromatic N) is 6. The molecule has 0 aliphatic rings. The van der Waals surface area contributed by atoms with Gasteiger partial charge in [0.2, 0.25) is 0 Å². The lowest BCUT2D eigenvalue weighted by atomic mass is 10.2. The first-order chi connectivity index (χ1) is 18.1. The second kappa shape index (κ2) is 10.3. The molecule has 3 heterocycles. The van der Waals surface area contributed by atoms with Gasteiger partial charge in [-0.3, -0.25) is 9.67 Å². The zero-order valence-corrected chi connectivity index (χ0v) is 24.0. The number of aryl methyl sites for hydroxylation is 1. The van der Waals surface area contributed by atoms with Gasteiger partial charge in [0.05, 0.1) is 49.3 Å². The largest absolute Gasteiger partial charge is 0.456 e. The molecule has 0 aliphatic carbocycles. The normalized spacial score (nSPS) is 12.8. The Kier molecular flexibility index (Phi) is 7.09. The lowest BCUT2D eigenvalue weighted by Gasteiger charge is -2.25. The second-order valence-electron chi connectivity index (χ2n) is 10.4. The summed E-state index contributed by atoms with van der Waals surface area (Å²) in [7, 11) is -1.41. The molecule has 3 aromatic heterocycles. The molecule has 0 saturated heterocycles. The van der Waals surface area contributed by atoms with Crippen LogP contribution in [0.1, 0.15) is 12.7 Å². The predicted molar refractivity (Wildman–Crippen MR) is 154 cm³/mol. The quantitative estimate of drug-likeness (QED) is 0.146. The number of ether oxygens (including phenoxy) is 2. The van der Waals surface area contributed by atoms with Crippen LogP contribution in [0.4, 0.5) is 0 Å². The summed E-state index contributed by atoms with van der Waals surface area (Å²) in [5.41, 5.74) is 4.83. The first kappa shape index (κ1) is 26.1. The van der Waals surface area contributed by atoms with E-state index in [-0.39, 0.29) is 5.73 Å². The third kappa shape index (κ3) is 5.22. The summed E-state index contributed by atoms with van der Waals surface area (Å²) < 4.78 is 16.3. The van der Waals surface area contributed by atoms with Crippen LogP contribution in [0.2, 0.25) is 24.7 Å². The molecule has 2 aromatic carbocycles. The van der Waals surface area contributed by atoms with E-state index >= 15 is 0 Å². The van der Waals surface area contributed by atoms with Crippen LogP contribution >= 0.6 is 11.6 Å². The van der Waals surface area contributed by atoms with Gasteiger partial charge in [-0.05, 0) is 38.1 Å². The molecular weight excluding hydrogens is 516 g/mol. The van der Waals surface area contributed by atoms with E-state index in [4.69, 9.17) is 31.0 Å². The summed E-state index contributed by atoms with van der Waals surface area (Å²) in [5.74, 6) is 2.04. The van der Waals surface area contributed by atoms with Crippen LogP contribution in [0, 0.1) is 6.92 Å². The van der Waals surface area contributed by atoms with E-state index in [0.717, 1.165) is 22.4 Å². The molecule has 10 heteroatoms. The SMILES string of the molecule is C=CCn1cc(-c2cnc3ccc(Oc4ccc5nc(C)n(COC(C)[Si](C)(C)C)c5c4)c(Cl)c3n2)cn1. The topological polar surface area (TPSA) is 79.9 Å². The summed E-state index contributed by atoms with van der Waals surface area (Å²) >= 11 is 6.79. The smallest absolute Gasteiger partial charge is 0.148 e. The fourth-order valence-corrected chi connectivity index (χ4v) is 4.80. The highest BCUT2D eigenvalue weighted by Crippen LogP contribution is 2.36. The minimum absolute atomic E-state index is 0.220. The van der Waals surface area contributed by atoms with Gasteiger partial charge in [-0.1, -0.05) is 37.3 Å². The van der Waals surface area contributed by atoms with Crippen LogP contribution in [-0.4, -0.2) is 43.1 Å². The van der Waals surface area contributed by atoms with Crippen molar-refractivity contribution in [3.63, 3.8) is 0 Å². The van der Waals surface area contributed by atoms with Gasteiger partial charge in [0.15, 0.2) is 0 Å². The first-order valence-electron chi connectivity index (χ1n) is 12.5. The zero-order valence-electron chi connectivity index (χ0n) is 22.3. The van der Waals surface area contributed by atoms with Crippen molar-refractivity contribution in [1.82, 2.24) is 29.3 Å². The van der Waals surface area contributed by atoms with Crippen LogP contribution in [0.5, 0.6) is 11.5 Å². The number of halogens is 1. The summed E-state index contributed by atoms with van der Waals surface area (Å²) in [6.45, 7) is 15.9. The van der Waals surface area contributed by atoms with E-state index in [1.54, 1.807) is 23.2 Å². The Balaban J connectivity index is 1.44. The van der Waals surface area contributed by atoms with Crippen molar-refractivity contribution in [1.29, 1.82) is 0 Å². The average Bonchev–Trinajstić information content (AvgIpc) is 3.47. The minimum atomic E-state index is -1.41. The highest BCUT2D eigenvalue weighted by atomic mass is 35.5. The molecule has 5 aromatic rings. The van der Waals surface area contributed by atoms with E-state index < -0.39 is 8.07 Å². The number of allylic oxidation sites excluding steroid dienone is 1. The summed E-state index contributed by atoms with van der Waals surface area (Å²) in [4.78, 5) is 14.0. The van der Waals surface area contributed by atoms with Crippen molar-refractivity contribution >= 4 is 41.7 Å². The number of imidazole rings is 1. The molecular formula is C28H31ClN6O2Si. The Hall–Kier alpha value is -3.53. The maximum atomic E-state index is 6.79. The first-order valence-corrected chi connectivity index (χ1v) is 16.4. The molecule has 0 saturated carbocycles. The standard InChI is InChI=1S/C28H31ClN6O2Si/c1-7-12-34-16-20(14-31-34)24-15-30-23-10-11-26(27(29)28(23)33-24)37-21-8-9-22-25(13-21)35(18(2)32-22)17-36-19(3)38(4,5)6/h7-11,13-16,19H,1,12,17H2,2-6H3. The molecule has 5 rings (SSSR count). The Morgan fingerprint density at radius 2 is 1.89 bits per heavy atom. The third-order valence-electron chi connectivity index (χ3n) is 6.67. The highest BCUT2D eigenvalue weighted by molar-refractivity contribution is 6.77. The maximum Gasteiger partial charge on any atom is 0.148 e.